The Balaban J connectivity index is 1.52. The summed E-state index contributed by atoms with van der Waals surface area (Å²) < 4.78 is 14.9. The van der Waals surface area contributed by atoms with Crippen molar-refractivity contribution in [2.45, 2.75) is 157 Å². The Morgan fingerprint density at radius 3 is 1.97 bits per heavy atom. The molecule has 2 aliphatic rings. The van der Waals surface area contributed by atoms with E-state index in [1.165, 1.54) is 12.8 Å². The highest BCUT2D eigenvalue weighted by molar-refractivity contribution is 6.20. The lowest BCUT2D eigenvalue weighted by molar-refractivity contribution is -0.0923. The fourth-order valence-corrected chi connectivity index (χ4v) is 10.3. The summed E-state index contributed by atoms with van der Waals surface area (Å²) in [5, 5.41) is 0.0703. The van der Waals surface area contributed by atoms with Crippen LogP contribution in [0.15, 0.2) is 65.5 Å². The second-order valence-electron chi connectivity index (χ2n) is 20.9. The van der Waals surface area contributed by atoms with Gasteiger partial charge in [-0.2, -0.15) is 4.98 Å². The molecule has 3 atom stereocenters. The van der Waals surface area contributed by atoms with E-state index in [-0.39, 0.29) is 51.8 Å². The number of hydrogen-bond donors (Lipinski definition) is 1. The van der Waals surface area contributed by atoms with Crippen molar-refractivity contribution in [2.75, 3.05) is 11.5 Å². The molecular formula is C51H73ClN4O4. The quantitative estimate of drug-likeness (QED) is 0.0947. The molecule has 2 aliphatic carbocycles. The molecule has 2 heterocycles. The Hall–Kier alpha value is -3.78. The van der Waals surface area contributed by atoms with Crippen molar-refractivity contribution in [3.8, 4) is 6.01 Å². The zero-order chi connectivity index (χ0) is 43.4. The molecule has 2 aromatic carbocycles. The van der Waals surface area contributed by atoms with Crippen molar-refractivity contribution < 1.29 is 14.3 Å². The van der Waals surface area contributed by atoms with Crippen molar-refractivity contribution in [2.24, 2.45) is 40.4 Å². The van der Waals surface area contributed by atoms with Crippen LogP contribution >= 0.6 is 11.6 Å². The number of para-hydroxylation sites is 2. The second kappa shape index (κ2) is 19.5. The van der Waals surface area contributed by atoms with Crippen LogP contribution in [0.25, 0.3) is 5.65 Å². The average molecular weight is 842 g/mol. The summed E-state index contributed by atoms with van der Waals surface area (Å²) >= 11 is 6.76. The summed E-state index contributed by atoms with van der Waals surface area (Å²) in [6.07, 6.45) is 9.24. The number of aromatic amines is 1. The van der Waals surface area contributed by atoms with Gasteiger partial charge in [-0.05, 0) is 109 Å². The van der Waals surface area contributed by atoms with Gasteiger partial charge in [0.05, 0.1) is 18.8 Å². The van der Waals surface area contributed by atoms with E-state index in [4.69, 9.17) is 26.1 Å². The minimum atomic E-state index is -0.404. The number of rotatable bonds is 15. The first-order chi connectivity index (χ1) is 28.4. The maximum atomic E-state index is 15.5. The summed E-state index contributed by atoms with van der Waals surface area (Å²) in [4.78, 5) is 40.5. The molecule has 0 spiro atoms. The zero-order valence-electron chi connectivity index (χ0n) is 38.2. The van der Waals surface area contributed by atoms with E-state index in [1.54, 1.807) is 4.40 Å². The molecule has 8 nitrogen and oxygen atoms in total. The molecule has 328 valence electrons. The number of ether oxygens (including phenoxy) is 2. The van der Waals surface area contributed by atoms with Crippen LogP contribution in [-0.2, 0) is 11.3 Å². The van der Waals surface area contributed by atoms with Crippen LogP contribution in [0, 0.1) is 40.4 Å². The molecule has 2 fully saturated rings. The van der Waals surface area contributed by atoms with Gasteiger partial charge in [0.15, 0.2) is 5.65 Å². The third kappa shape index (κ3) is 11.0. The zero-order valence-corrected chi connectivity index (χ0v) is 39.0. The van der Waals surface area contributed by atoms with E-state index in [0.29, 0.717) is 42.1 Å². The lowest BCUT2D eigenvalue weighted by atomic mass is 9.59. The molecule has 9 heteroatoms. The van der Waals surface area contributed by atoms with Crippen molar-refractivity contribution in [3.63, 3.8) is 0 Å². The summed E-state index contributed by atoms with van der Waals surface area (Å²) in [5.41, 5.74) is 3.66. The Labute approximate surface area is 365 Å². The van der Waals surface area contributed by atoms with E-state index in [2.05, 4.69) is 103 Å². The SMILES string of the molecule is CC(C)CCCC(C)CCOc1nc2c(C(=O)OC3C(C(C)(C)C)CC(C)CC3C(C)(C)C)c(C3CCC(Cl)CC3)c(CN(c3ccccc3)c3ccccc3)n2c(=O)[nH]1. The van der Waals surface area contributed by atoms with Crippen LogP contribution in [-0.4, -0.2) is 38.4 Å². The monoisotopic (exact) mass is 841 g/mol. The maximum absolute atomic E-state index is 15.5. The molecule has 0 bridgehead atoms. The van der Waals surface area contributed by atoms with Crippen LogP contribution in [0.4, 0.5) is 11.4 Å². The lowest BCUT2D eigenvalue weighted by Crippen LogP contribution is -2.49. The Morgan fingerprint density at radius 1 is 0.867 bits per heavy atom. The largest absolute Gasteiger partial charge is 0.465 e. The number of carbonyl (C=O) groups excluding carboxylic acids is 1. The first-order valence-electron chi connectivity index (χ1n) is 22.9. The molecule has 0 saturated heterocycles. The first-order valence-corrected chi connectivity index (χ1v) is 23.4. The van der Waals surface area contributed by atoms with Crippen molar-refractivity contribution in [1.29, 1.82) is 0 Å². The molecule has 1 N–H and O–H groups in total. The first kappa shape index (κ1) is 45.7. The molecule has 60 heavy (non-hydrogen) atoms. The highest BCUT2D eigenvalue weighted by Crippen LogP contribution is 2.50. The maximum Gasteiger partial charge on any atom is 0.342 e. The van der Waals surface area contributed by atoms with E-state index < -0.39 is 5.97 Å². The standard InChI is InChI=1S/C51H73ClN4O4/c1-33(2)18-17-19-34(3)28-29-59-48-53-46-44(47(57)60-45-40(50(5,6)7)30-35(4)31-41(45)51(8,9)10)43(36-24-26-37(52)27-25-36)42(56(46)49(58)54-48)32-55(38-20-13-11-14-21-38)39-22-15-12-16-23-39/h11-16,20-23,33-37,40-41,45H,17-19,24-32H2,1-10H3,(H,53,54,58). The molecule has 0 radical (unpaired) electrons. The number of anilines is 2. The third-order valence-electron chi connectivity index (χ3n) is 13.5. The average Bonchev–Trinajstić information content (AvgIpc) is 3.51. The number of carbonyl (C=O) groups is 1. The van der Waals surface area contributed by atoms with Crippen LogP contribution in [0.1, 0.15) is 161 Å². The number of halogens is 1. The van der Waals surface area contributed by atoms with Gasteiger partial charge in [0.25, 0.3) is 6.01 Å². The lowest BCUT2D eigenvalue weighted by Gasteiger charge is -2.50. The number of nitrogens with one attached hydrogen (secondary N) is 1. The van der Waals surface area contributed by atoms with Crippen LogP contribution in [0.2, 0.25) is 0 Å². The van der Waals surface area contributed by atoms with Gasteiger partial charge in [0.1, 0.15) is 11.7 Å². The Bertz CT molecular complexity index is 1990. The molecule has 0 amide bonds. The predicted molar refractivity (Wildman–Crippen MR) is 247 cm³/mol. The van der Waals surface area contributed by atoms with Crippen LogP contribution < -0.4 is 15.3 Å². The Kier molecular flexibility index (Phi) is 14.9. The second-order valence-corrected chi connectivity index (χ2v) is 21.5. The smallest absolute Gasteiger partial charge is 0.342 e. The summed E-state index contributed by atoms with van der Waals surface area (Å²) in [5.74, 6) is 1.55. The number of nitrogens with zero attached hydrogens (tertiary/aromatic N) is 3. The van der Waals surface area contributed by atoms with Crippen LogP contribution in [0.3, 0.4) is 0 Å². The van der Waals surface area contributed by atoms with Crippen LogP contribution in [0.5, 0.6) is 6.01 Å². The summed E-state index contributed by atoms with van der Waals surface area (Å²) in [6, 6.07) is 20.6. The molecule has 4 aromatic rings. The number of esters is 1. The molecule has 2 saturated carbocycles. The Morgan fingerprint density at radius 2 is 1.43 bits per heavy atom. The number of alkyl halides is 1. The van der Waals surface area contributed by atoms with E-state index in [0.717, 1.165) is 74.0 Å². The third-order valence-corrected chi connectivity index (χ3v) is 14.0. The van der Waals surface area contributed by atoms with Gasteiger partial charge in [0, 0.05) is 28.6 Å². The fourth-order valence-electron chi connectivity index (χ4n) is 10.1. The topological polar surface area (TPSA) is 88.9 Å². The number of hydrogen-bond acceptors (Lipinski definition) is 6. The number of H-pyrrole nitrogens is 1. The van der Waals surface area contributed by atoms with E-state index in [9.17, 15) is 4.79 Å². The minimum absolute atomic E-state index is 0.0219. The molecular weight excluding hydrogens is 768 g/mol. The van der Waals surface area contributed by atoms with Crippen molar-refractivity contribution >= 4 is 34.6 Å². The summed E-state index contributed by atoms with van der Waals surface area (Å²) in [7, 11) is 0. The highest BCUT2D eigenvalue weighted by atomic mass is 35.5. The molecule has 3 unspecified atom stereocenters. The number of fused-ring (bicyclic) bond motifs is 1. The van der Waals surface area contributed by atoms with Gasteiger partial charge in [-0.15, -0.1) is 11.6 Å². The van der Waals surface area contributed by atoms with E-state index >= 15 is 4.79 Å². The van der Waals surface area contributed by atoms with E-state index in [1.807, 2.05) is 36.4 Å². The molecule has 6 rings (SSSR count). The fraction of sp³-hybridized carbons (Fsp3) is 0.627. The summed E-state index contributed by atoms with van der Waals surface area (Å²) in [6.45, 7) is 23.5. The number of aromatic nitrogens is 3. The normalized spacial score (nSPS) is 23.1. The van der Waals surface area contributed by atoms with Gasteiger partial charge in [-0.3, -0.25) is 4.98 Å². The van der Waals surface area contributed by atoms with Gasteiger partial charge in [-0.25, -0.2) is 14.0 Å². The predicted octanol–water partition coefficient (Wildman–Crippen LogP) is 13.1. The highest BCUT2D eigenvalue weighted by Gasteiger charge is 2.49. The van der Waals surface area contributed by atoms with Gasteiger partial charge in [-0.1, -0.05) is 125 Å². The van der Waals surface area contributed by atoms with Gasteiger partial charge in [0.2, 0.25) is 0 Å². The minimum Gasteiger partial charge on any atom is -0.465 e. The molecule has 2 aromatic heterocycles. The number of benzene rings is 2. The van der Waals surface area contributed by atoms with Gasteiger partial charge < -0.3 is 14.4 Å². The molecule has 0 aliphatic heterocycles. The van der Waals surface area contributed by atoms with Crippen molar-refractivity contribution in [1.82, 2.24) is 14.4 Å². The van der Waals surface area contributed by atoms with Crippen molar-refractivity contribution in [3.05, 3.63) is 88.0 Å². The van der Waals surface area contributed by atoms with Gasteiger partial charge >= 0.3 is 11.7 Å².